The molecule has 23 heavy (non-hydrogen) atoms. The lowest BCUT2D eigenvalue weighted by molar-refractivity contribution is 0.0688. The average Bonchev–Trinajstić information content (AvgIpc) is 2.96. The van der Waals surface area contributed by atoms with Gasteiger partial charge in [0.2, 0.25) is 0 Å². The number of ether oxygens (including phenoxy) is 1. The molecule has 1 aliphatic heterocycles. The Morgan fingerprint density at radius 2 is 2.04 bits per heavy atom. The van der Waals surface area contributed by atoms with E-state index in [2.05, 4.69) is 13.8 Å². The molecule has 1 fully saturated rings. The van der Waals surface area contributed by atoms with Gasteiger partial charge in [-0.15, -0.1) is 11.3 Å². The second kappa shape index (κ2) is 6.75. The van der Waals surface area contributed by atoms with Crippen molar-refractivity contribution < 1.29 is 9.53 Å². The van der Waals surface area contributed by atoms with Crippen LogP contribution in [0.15, 0.2) is 30.3 Å². The summed E-state index contributed by atoms with van der Waals surface area (Å²) in [6.07, 6.45) is 2.34. The van der Waals surface area contributed by atoms with Crippen LogP contribution in [0.25, 0.3) is 11.1 Å². The van der Waals surface area contributed by atoms with Crippen molar-refractivity contribution in [1.29, 1.82) is 0 Å². The number of thiophene rings is 1. The standard InChI is InChI=1S/C19H23NO2S/c1-13-5-4-10-20(12-13)19(21)18-11-17(14(2)23-18)15-6-8-16(22-3)9-7-15/h6-9,11,13H,4-5,10,12H2,1-3H3. The molecule has 2 heterocycles. The van der Waals surface area contributed by atoms with Crippen LogP contribution < -0.4 is 4.74 Å². The zero-order valence-corrected chi connectivity index (χ0v) is 14.8. The van der Waals surface area contributed by atoms with Crippen molar-refractivity contribution in [2.75, 3.05) is 20.2 Å². The molecule has 1 unspecified atom stereocenters. The van der Waals surface area contributed by atoms with E-state index in [-0.39, 0.29) is 5.91 Å². The molecule has 0 radical (unpaired) electrons. The van der Waals surface area contributed by atoms with E-state index in [4.69, 9.17) is 4.74 Å². The topological polar surface area (TPSA) is 29.5 Å². The number of hydrogen-bond acceptors (Lipinski definition) is 3. The van der Waals surface area contributed by atoms with Crippen LogP contribution in [-0.4, -0.2) is 31.0 Å². The summed E-state index contributed by atoms with van der Waals surface area (Å²) in [5, 5.41) is 0. The lowest BCUT2D eigenvalue weighted by Crippen LogP contribution is -2.38. The summed E-state index contributed by atoms with van der Waals surface area (Å²) in [4.78, 5) is 16.8. The van der Waals surface area contributed by atoms with Crippen molar-refractivity contribution in [2.45, 2.75) is 26.7 Å². The molecular weight excluding hydrogens is 306 g/mol. The highest BCUT2D eigenvalue weighted by Crippen LogP contribution is 2.33. The highest BCUT2D eigenvalue weighted by atomic mass is 32.1. The molecule has 0 spiro atoms. The predicted octanol–water partition coefficient (Wildman–Crippen LogP) is 4.60. The maximum atomic E-state index is 12.8. The van der Waals surface area contributed by atoms with Crippen LogP contribution in [0.1, 0.15) is 34.3 Å². The molecule has 0 bridgehead atoms. The minimum absolute atomic E-state index is 0.185. The monoisotopic (exact) mass is 329 g/mol. The third kappa shape index (κ3) is 3.42. The van der Waals surface area contributed by atoms with Gasteiger partial charge in [-0.05, 0) is 55.0 Å². The van der Waals surface area contributed by atoms with Gasteiger partial charge in [0.25, 0.3) is 5.91 Å². The molecular formula is C19H23NO2S. The van der Waals surface area contributed by atoms with Crippen LogP contribution in [0, 0.1) is 12.8 Å². The Hall–Kier alpha value is -1.81. The molecule has 3 nitrogen and oxygen atoms in total. The van der Waals surface area contributed by atoms with Crippen LogP contribution in [0.2, 0.25) is 0 Å². The number of nitrogens with zero attached hydrogens (tertiary/aromatic N) is 1. The molecule has 1 atom stereocenters. The van der Waals surface area contributed by atoms with Crippen molar-refractivity contribution in [2.24, 2.45) is 5.92 Å². The summed E-state index contributed by atoms with van der Waals surface area (Å²) in [6, 6.07) is 10.1. The normalized spacial score (nSPS) is 18.0. The highest BCUT2D eigenvalue weighted by Gasteiger charge is 2.24. The Morgan fingerprint density at radius 3 is 2.70 bits per heavy atom. The fourth-order valence-corrected chi connectivity index (χ4v) is 4.18. The van der Waals surface area contributed by atoms with Gasteiger partial charge < -0.3 is 9.64 Å². The lowest BCUT2D eigenvalue weighted by atomic mass is 10.00. The number of benzene rings is 1. The maximum absolute atomic E-state index is 12.8. The summed E-state index contributed by atoms with van der Waals surface area (Å²) in [5.74, 6) is 1.64. The van der Waals surface area contributed by atoms with Crippen molar-refractivity contribution in [3.63, 3.8) is 0 Å². The number of aryl methyl sites for hydroxylation is 1. The van der Waals surface area contributed by atoms with E-state index >= 15 is 0 Å². The number of carbonyl (C=O) groups excluding carboxylic acids is 1. The molecule has 2 aromatic rings. The molecule has 0 aliphatic carbocycles. The molecule has 1 saturated heterocycles. The van der Waals surface area contributed by atoms with Crippen LogP contribution in [-0.2, 0) is 0 Å². The summed E-state index contributed by atoms with van der Waals surface area (Å²) in [5.41, 5.74) is 2.27. The molecule has 0 saturated carbocycles. The fourth-order valence-electron chi connectivity index (χ4n) is 3.17. The van der Waals surface area contributed by atoms with Gasteiger partial charge in [0, 0.05) is 18.0 Å². The van der Waals surface area contributed by atoms with E-state index in [1.165, 1.54) is 11.3 Å². The highest BCUT2D eigenvalue weighted by molar-refractivity contribution is 7.14. The van der Waals surface area contributed by atoms with Gasteiger partial charge in [0.05, 0.1) is 12.0 Å². The Morgan fingerprint density at radius 1 is 1.30 bits per heavy atom. The van der Waals surface area contributed by atoms with Crippen LogP contribution in [0.4, 0.5) is 0 Å². The molecule has 122 valence electrons. The van der Waals surface area contributed by atoms with Crippen LogP contribution in [0.3, 0.4) is 0 Å². The van der Waals surface area contributed by atoms with Gasteiger partial charge >= 0.3 is 0 Å². The summed E-state index contributed by atoms with van der Waals surface area (Å²) in [6.45, 7) is 6.08. The van der Waals surface area contributed by atoms with Gasteiger partial charge in [-0.25, -0.2) is 0 Å². The van der Waals surface area contributed by atoms with Crippen LogP contribution >= 0.6 is 11.3 Å². The van der Waals surface area contributed by atoms with Gasteiger partial charge in [-0.1, -0.05) is 19.1 Å². The number of hydrogen-bond donors (Lipinski definition) is 0. The fraction of sp³-hybridized carbons (Fsp3) is 0.421. The molecule has 1 aromatic carbocycles. The minimum atomic E-state index is 0.185. The van der Waals surface area contributed by atoms with E-state index < -0.39 is 0 Å². The van der Waals surface area contributed by atoms with E-state index in [1.807, 2.05) is 35.2 Å². The first kappa shape index (κ1) is 16.1. The zero-order valence-electron chi connectivity index (χ0n) is 14.0. The average molecular weight is 329 g/mol. The Bertz CT molecular complexity index is 690. The largest absolute Gasteiger partial charge is 0.497 e. The summed E-state index contributed by atoms with van der Waals surface area (Å²) >= 11 is 1.60. The lowest BCUT2D eigenvalue weighted by Gasteiger charge is -2.30. The predicted molar refractivity (Wildman–Crippen MR) is 95.3 cm³/mol. The zero-order chi connectivity index (χ0) is 16.4. The van der Waals surface area contributed by atoms with Crippen molar-refractivity contribution in [1.82, 2.24) is 4.90 Å². The Balaban J connectivity index is 1.83. The quantitative estimate of drug-likeness (QED) is 0.823. The van der Waals surface area contributed by atoms with Gasteiger partial charge in [0.15, 0.2) is 0 Å². The van der Waals surface area contributed by atoms with Crippen molar-refractivity contribution >= 4 is 17.2 Å². The molecule has 0 N–H and O–H groups in total. The molecule has 1 aromatic heterocycles. The maximum Gasteiger partial charge on any atom is 0.263 e. The number of rotatable bonds is 3. The number of amides is 1. The third-order valence-corrected chi connectivity index (χ3v) is 5.51. The first-order chi connectivity index (χ1) is 11.1. The third-order valence-electron chi connectivity index (χ3n) is 4.47. The Labute approximate surface area is 141 Å². The smallest absolute Gasteiger partial charge is 0.263 e. The Kier molecular flexibility index (Phi) is 4.71. The number of carbonyl (C=O) groups is 1. The van der Waals surface area contributed by atoms with Crippen molar-refractivity contribution in [3.05, 3.63) is 40.1 Å². The minimum Gasteiger partial charge on any atom is -0.497 e. The van der Waals surface area contributed by atoms with Gasteiger partial charge in [0.1, 0.15) is 5.75 Å². The number of methoxy groups -OCH3 is 1. The molecule has 3 rings (SSSR count). The summed E-state index contributed by atoms with van der Waals surface area (Å²) < 4.78 is 5.21. The van der Waals surface area contributed by atoms with Crippen molar-refractivity contribution in [3.8, 4) is 16.9 Å². The molecule has 1 amide bonds. The van der Waals surface area contributed by atoms with E-state index in [1.54, 1.807) is 18.4 Å². The van der Waals surface area contributed by atoms with E-state index in [9.17, 15) is 4.79 Å². The number of likely N-dealkylation sites (tertiary alicyclic amines) is 1. The van der Waals surface area contributed by atoms with E-state index in [0.29, 0.717) is 5.92 Å². The number of piperidine rings is 1. The first-order valence-electron chi connectivity index (χ1n) is 8.12. The van der Waals surface area contributed by atoms with Crippen LogP contribution in [0.5, 0.6) is 5.75 Å². The molecule has 4 heteroatoms. The van der Waals surface area contributed by atoms with E-state index in [0.717, 1.165) is 41.3 Å². The summed E-state index contributed by atoms with van der Waals surface area (Å²) in [7, 11) is 1.67. The second-order valence-electron chi connectivity index (χ2n) is 6.31. The SMILES string of the molecule is COc1ccc(-c2cc(C(=O)N3CCCC(C)C3)sc2C)cc1. The van der Waals surface area contributed by atoms with Gasteiger partial charge in [-0.2, -0.15) is 0 Å². The van der Waals surface area contributed by atoms with Gasteiger partial charge in [-0.3, -0.25) is 4.79 Å². The first-order valence-corrected chi connectivity index (χ1v) is 8.94. The molecule has 1 aliphatic rings. The second-order valence-corrected chi connectivity index (χ2v) is 7.56.